The molecule has 1 rings (SSSR count). The normalized spacial score (nSPS) is 10.3. The molecule has 9 nitrogen and oxygen atoms in total. The van der Waals surface area contributed by atoms with Crippen LogP contribution >= 0.6 is 0 Å². The molecule has 0 heterocycles. The van der Waals surface area contributed by atoms with Crippen LogP contribution in [0.25, 0.3) is 0 Å². The Balaban J connectivity index is 2.96. The average molecular weight is 379 g/mol. The number of carbonyl (C=O) groups is 4. The van der Waals surface area contributed by atoms with Crippen LogP contribution in [-0.2, 0) is 19.1 Å². The molecule has 0 spiro atoms. The molecule has 0 bridgehead atoms. The number of benzene rings is 1. The molecule has 0 atom stereocenters. The monoisotopic (exact) mass is 379 g/mol. The Hall–Kier alpha value is -2.94. The third kappa shape index (κ3) is 6.70. The average Bonchev–Trinajstić information content (AvgIpc) is 2.66. The first kappa shape index (κ1) is 22.1. The van der Waals surface area contributed by atoms with Gasteiger partial charge in [-0.1, -0.05) is 6.92 Å². The molecule has 9 heteroatoms. The van der Waals surface area contributed by atoms with E-state index in [1.54, 1.807) is 4.90 Å². The van der Waals surface area contributed by atoms with E-state index >= 15 is 0 Å². The summed E-state index contributed by atoms with van der Waals surface area (Å²) in [6.45, 7) is 4.64. The number of likely N-dealkylation sites (N-methyl/N-ethyl adjacent to an activating group) is 2. The number of nitrogens with one attached hydrogen (secondary N) is 2. The highest BCUT2D eigenvalue weighted by Crippen LogP contribution is 2.20. The third-order valence-corrected chi connectivity index (χ3v) is 3.68. The third-order valence-electron chi connectivity index (χ3n) is 3.68. The van der Waals surface area contributed by atoms with Gasteiger partial charge in [-0.25, -0.2) is 9.59 Å². The number of ether oxygens (including phenoxy) is 2. The molecule has 0 radical (unpaired) electrons. The summed E-state index contributed by atoms with van der Waals surface area (Å²) in [5, 5.41) is 5.26. The van der Waals surface area contributed by atoms with Crippen molar-refractivity contribution in [2.75, 3.05) is 45.7 Å². The standard InChI is InChI=1S/C18H25N3O6/c1-5-19-15(22)10-21(6-2)11-16(23)20-14-9-12(17(24)26-3)7-8-13(14)18(25)27-4/h7-9H,5-6,10-11H2,1-4H3,(H,19,22)(H,20,23). The first-order chi connectivity index (χ1) is 12.9. The lowest BCUT2D eigenvalue weighted by Gasteiger charge is -2.19. The summed E-state index contributed by atoms with van der Waals surface area (Å²) in [6.07, 6.45) is 0. The molecule has 0 saturated heterocycles. The predicted octanol–water partition coefficient (Wildman–Crippen LogP) is 0.656. The summed E-state index contributed by atoms with van der Waals surface area (Å²) in [7, 11) is 2.45. The van der Waals surface area contributed by atoms with E-state index in [9.17, 15) is 19.2 Å². The summed E-state index contributed by atoms with van der Waals surface area (Å²) in [5.41, 5.74) is 0.407. The second-order valence-electron chi connectivity index (χ2n) is 5.55. The van der Waals surface area contributed by atoms with E-state index < -0.39 is 17.8 Å². The van der Waals surface area contributed by atoms with E-state index in [2.05, 4.69) is 15.4 Å². The Morgan fingerprint density at radius 3 is 2.15 bits per heavy atom. The number of esters is 2. The van der Waals surface area contributed by atoms with Crippen molar-refractivity contribution in [1.82, 2.24) is 10.2 Å². The van der Waals surface area contributed by atoms with Crippen LogP contribution in [0, 0.1) is 0 Å². The number of rotatable bonds is 9. The Labute approximate surface area is 158 Å². The molecule has 0 aromatic heterocycles. The molecular weight excluding hydrogens is 354 g/mol. The topological polar surface area (TPSA) is 114 Å². The van der Waals surface area contributed by atoms with Crippen LogP contribution in [0.2, 0.25) is 0 Å². The number of methoxy groups -OCH3 is 2. The molecule has 27 heavy (non-hydrogen) atoms. The zero-order chi connectivity index (χ0) is 20.4. The van der Waals surface area contributed by atoms with Gasteiger partial charge in [0.1, 0.15) is 0 Å². The van der Waals surface area contributed by atoms with Crippen LogP contribution in [0.1, 0.15) is 34.6 Å². The number of hydrogen-bond donors (Lipinski definition) is 2. The Morgan fingerprint density at radius 2 is 1.59 bits per heavy atom. The molecule has 0 aliphatic rings. The lowest BCUT2D eigenvalue weighted by Crippen LogP contribution is -2.41. The molecule has 0 aliphatic heterocycles. The van der Waals surface area contributed by atoms with E-state index in [-0.39, 0.29) is 35.8 Å². The molecule has 0 fully saturated rings. The van der Waals surface area contributed by atoms with Crippen molar-refractivity contribution in [1.29, 1.82) is 0 Å². The van der Waals surface area contributed by atoms with Gasteiger partial charge < -0.3 is 20.1 Å². The Kier molecular flexibility index (Phi) is 8.94. The van der Waals surface area contributed by atoms with E-state index in [0.717, 1.165) is 0 Å². The van der Waals surface area contributed by atoms with Crippen LogP contribution < -0.4 is 10.6 Å². The Morgan fingerprint density at radius 1 is 0.963 bits per heavy atom. The van der Waals surface area contributed by atoms with Crippen LogP contribution in [0.15, 0.2) is 18.2 Å². The van der Waals surface area contributed by atoms with Crippen LogP contribution in [0.4, 0.5) is 5.69 Å². The molecule has 0 saturated carbocycles. The summed E-state index contributed by atoms with van der Waals surface area (Å²) in [6, 6.07) is 4.12. The van der Waals surface area contributed by atoms with Gasteiger partial charge in [-0.3, -0.25) is 14.5 Å². The summed E-state index contributed by atoms with van der Waals surface area (Å²) in [5.74, 6) is -1.88. The summed E-state index contributed by atoms with van der Waals surface area (Å²) >= 11 is 0. The fourth-order valence-corrected chi connectivity index (χ4v) is 2.31. The number of amides is 2. The first-order valence-corrected chi connectivity index (χ1v) is 8.45. The molecule has 2 amide bonds. The number of hydrogen-bond acceptors (Lipinski definition) is 7. The van der Waals surface area contributed by atoms with Crippen LogP contribution in [-0.4, -0.2) is 69.1 Å². The molecule has 0 unspecified atom stereocenters. The summed E-state index contributed by atoms with van der Waals surface area (Å²) in [4.78, 5) is 49.3. The maximum atomic E-state index is 12.4. The van der Waals surface area contributed by atoms with E-state index in [1.165, 1.54) is 32.4 Å². The number of carbonyl (C=O) groups excluding carboxylic acids is 4. The molecule has 0 aliphatic carbocycles. The lowest BCUT2D eigenvalue weighted by molar-refractivity contribution is -0.123. The molecule has 2 N–H and O–H groups in total. The first-order valence-electron chi connectivity index (χ1n) is 8.45. The second kappa shape index (κ2) is 10.9. The smallest absolute Gasteiger partial charge is 0.339 e. The molecule has 1 aromatic rings. The van der Waals surface area contributed by atoms with Gasteiger partial charge in [-0.2, -0.15) is 0 Å². The van der Waals surface area contributed by atoms with E-state index in [1.807, 2.05) is 13.8 Å². The van der Waals surface area contributed by atoms with Gasteiger partial charge in [-0.05, 0) is 31.7 Å². The van der Waals surface area contributed by atoms with Gasteiger partial charge in [0.05, 0.1) is 44.1 Å². The molecular formula is C18H25N3O6. The zero-order valence-corrected chi connectivity index (χ0v) is 16.0. The van der Waals surface area contributed by atoms with Crippen molar-refractivity contribution in [2.45, 2.75) is 13.8 Å². The molecule has 148 valence electrons. The highest BCUT2D eigenvalue weighted by Gasteiger charge is 2.19. The second-order valence-corrected chi connectivity index (χ2v) is 5.55. The minimum atomic E-state index is -0.656. The lowest BCUT2D eigenvalue weighted by atomic mass is 10.1. The minimum absolute atomic E-state index is 0.0588. The van der Waals surface area contributed by atoms with Crippen molar-refractivity contribution >= 4 is 29.4 Å². The predicted molar refractivity (Wildman–Crippen MR) is 98.5 cm³/mol. The van der Waals surface area contributed by atoms with Gasteiger partial charge in [0.2, 0.25) is 11.8 Å². The maximum Gasteiger partial charge on any atom is 0.339 e. The van der Waals surface area contributed by atoms with Gasteiger partial charge in [0, 0.05) is 6.54 Å². The van der Waals surface area contributed by atoms with Crippen LogP contribution in [0.5, 0.6) is 0 Å². The molecule has 1 aromatic carbocycles. The van der Waals surface area contributed by atoms with E-state index in [0.29, 0.717) is 13.1 Å². The maximum absolute atomic E-state index is 12.4. The number of nitrogens with zero attached hydrogens (tertiary/aromatic N) is 1. The fraction of sp³-hybridized carbons (Fsp3) is 0.444. The van der Waals surface area contributed by atoms with Gasteiger partial charge in [0.15, 0.2) is 0 Å². The Bertz CT molecular complexity index is 704. The zero-order valence-electron chi connectivity index (χ0n) is 16.0. The van der Waals surface area contributed by atoms with Crippen molar-refractivity contribution in [3.8, 4) is 0 Å². The highest BCUT2D eigenvalue weighted by atomic mass is 16.5. The fourth-order valence-electron chi connectivity index (χ4n) is 2.31. The SMILES string of the molecule is CCNC(=O)CN(CC)CC(=O)Nc1cc(C(=O)OC)ccc1C(=O)OC. The quantitative estimate of drug-likeness (QED) is 0.606. The van der Waals surface area contributed by atoms with E-state index in [4.69, 9.17) is 4.74 Å². The largest absolute Gasteiger partial charge is 0.465 e. The minimum Gasteiger partial charge on any atom is -0.465 e. The van der Waals surface area contributed by atoms with Gasteiger partial charge >= 0.3 is 11.9 Å². The van der Waals surface area contributed by atoms with Crippen molar-refractivity contribution in [2.24, 2.45) is 0 Å². The van der Waals surface area contributed by atoms with Crippen molar-refractivity contribution < 1.29 is 28.7 Å². The van der Waals surface area contributed by atoms with Gasteiger partial charge in [0.25, 0.3) is 0 Å². The van der Waals surface area contributed by atoms with Gasteiger partial charge in [-0.15, -0.1) is 0 Å². The highest BCUT2D eigenvalue weighted by molar-refractivity contribution is 6.04. The summed E-state index contributed by atoms with van der Waals surface area (Å²) < 4.78 is 9.35. The van der Waals surface area contributed by atoms with Crippen LogP contribution in [0.3, 0.4) is 0 Å². The van der Waals surface area contributed by atoms with Crippen molar-refractivity contribution in [3.63, 3.8) is 0 Å². The van der Waals surface area contributed by atoms with Crippen molar-refractivity contribution in [3.05, 3.63) is 29.3 Å². The number of anilines is 1.